The Morgan fingerprint density at radius 1 is 1.11 bits per heavy atom. The van der Waals surface area contributed by atoms with E-state index < -0.39 is 29.1 Å². The van der Waals surface area contributed by atoms with Crippen LogP contribution in [0.1, 0.15) is 63.1 Å². The van der Waals surface area contributed by atoms with E-state index >= 15 is 0 Å². The van der Waals surface area contributed by atoms with Crippen molar-refractivity contribution in [1.29, 1.82) is 0 Å². The van der Waals surface area contributed by atoms with E-state index in [1.165, 1.54) is 0 Å². The molecular formula is C23H34F3N5O4. The van der Waals surface area contributed by atoms with Gasteiger partial charge in [-0.2, -0.15) is 13.2 Å². The minimum absolute atomic E-state index is 0.0185. The number of carbonyl (C=O) groups excluding carboxylic acids is 2. The van der Waals surface area contributed by atoms with Gasteiger partial charge < -0.3 is 19.3 Å². The first-order valence-corrected chi connectivity index (χ1v) is 11.8. The number of carbonyl (C=O) groups is 2. The Hall–Kier alpha value is -2.63. The minimum Gasteiger partial charge on any atom is -0.464 e. The smallest absolute Gasteiger partial charge is 0.437 e. The Bertz CT molecular complexity index is 913. The molecule has 0 unspecified atom stereocenters. The van der Waals surface area contributed by atoms with Crippen molar-refractivity contribution in [3.05, 3.63) is 17.6 Å². The number of aromatic nitrogens is 2. The number of halogens is 3. The number of piperazine rings is 1. The van der Waals surface area contributed by atoms with Crippen molar-refractivity contribution >= 4 is 17.9 Å². The summed E-state index contributed by atoms with van der Waals surface area (Å²) in [5.74, 6) is -1.24. The van der Waals surface area contributed by atoms with E-state index in [0.29, 0.717) is 32.7 Å². The number of alkyl halides is 3. The standard InChI is InChI=1S/C23H34F3N5O4/c1-6-15-14-30(19-18(23(24,25)26)28-17(13-27-19)20(32)34-5)11-12-31(15)16-7-9-29(10-8-16)21(33)35-22(2,3)4/h13,15-16H,6-12,14H2,1-5H3/t15-/m0/s1. The van der Waals surface area contributed by atoms with E-state index in [1.807, 2.05) is 27.7 Å². The maximum Gasteiger partial charge on any atom is 0.437 e. The topological polar surface area (TPSA) is 88.1 Å². The minimum atomic E-state index is -4.76. The van der Waals surface area contributed by atoms with Crippen molar-refractivity contribution in [3.8, 4) is 0 Å². The van der Waals surface area contributed by atoms with Crippen LogP contribution in [0.3, 0.4) is 0 Å². The number of hydrogen-bond acceptors (Lipinski definition) is 8. The Labute approximate surface area is 203 Å². The number of ether oxygens (including phenoxy) is 2. The van der Waals surface area contributed by atoms with Gasteiger partial charge in [0, 0.05) is 44.8 Å². The predicted molar refractivity (Wildman–Crippen MR) is 122 cm³/mol. The number of hydrogen-bond donors (Lipinski definition) is 0. The second-order valence-electron chi connectivity index (χ2n) is 9.86. The zero-order chi connectivity index (χ0) is 26.0. The van der Waals surface area contributed by atoms with E-state index in [1.54, 1.807) is 9.80 Å². The molecule has 0 spiro atoms. The zero-order valence-corrected chi connectivity index (χ0v) is 20.9. The molecule has 1 amide bonds. The highest BCUT2D eigenvalue weighted by Crippen LogP contribution is 2.35. The summed E-state index contributed by atoms with van der Waals surface area (Å²) in [5, 5.41) is 0. The van der Waals surface area contributed by atoms with E-state index in [2.05, 4.69) is 19.6 Å². The highest BCUT2D eigenvalue weighted by atomic mass is 19.4. The Morgan fingerprint density at radius 2 is 1.77 bits per heavy atom. The summed E-state index contributed by atoms with van der Waals surface area (Å²) in [4.78, 5) is 37.2. The lowest BCUT2D eigenvalue weighted by molar-refractivity contribution is -0.141. The molecule has 1 atom stereocenters. The zero-order valence-electron chi connectivity index (χ0n) is 20.9. The van der Waals surface area contributed by atoms with Crippen molar-refractivity contribution in [2.24, 2.45) is 0 Å². The van der Waals surface area contributed by atoms with Crippen molar-refractivity contribution in [1.82, 2.24) is 19.8 Å². The molecule has 0 radical (unpaired) electrons. The lowest BCUT2D eigenvalue weighted by atomic mass is 9.98. The first kappa shape index (κ1) is 27.0. The van der Waals surface area contributed by atoms with Crippen LogP contribution in [0.15, 0.2) is 6.20 Å². The molecule has 2 aliphatic heterocycles. The van der Waals surface area contributed by atoms with Gasteiger partial charge in [-0.1, -0.05) is 6.92 Å². The molecule has 2 saturated heterocycles. The molecule has 0 N–H and O–H groups in total. The van der Waals surface area contributed by atoms with Gasteiger partial charge >= 0.3 is 18.2 Å². The molecule has 1 aromatic heterocycles. The summed E-state index contributed by atoms with van der Waals surface area (Å²) in [5.41, 5.74) is -2.22. The van der Waals surface area contributed by atoms with Crippen LogP contribution in [0.4, 0.5) is 23.8 Å². The van der Waals surface area contributed by atoms with Gasteiger partial charge in [0.25, 0.3) is 0 Å². The molecule has 12 heteroatoms. The van der Waals surface area contributed by atoms with Gasteiger partial charge in [-0.05, 0) is 40.0 Å². The molecule has 1 aromatic rings. The number of nitrogens with zero attached hydrogens (tertiary/aromatic N) is 5. The summed E-state index contributed by atoms with van der Waals surface area (Å²) in [6, 6.07) is 0.251. The SMILES string of the molecule is CC[C@H]1CN(c2ncc(C(=O)OC)nc2C(F)(F)F)CCN1C1CCN(C(=O)OC(C)(C)C)CC1. The van der Waals surface area contributed by atoms with E-state index in [0.717, 1.165) is 32.6 Å². The Balaban J connectivity index is 1.69. The first-order valence-electron chi connectivity index (χ1n) is 11.8. The van der Waals surface area contributed by atoms with E-state index in [4.69, 9.17) is 4.74 Å². The molecule has 2 fully saturated rings. The molecule has 0 aromatic carbocycles. The molecule has 0 aliphatic carbocycles. The van der Waals surface area contributed by atoms with Gasteiger partial charge in [0.05, 0.1) is 13.3 Å². The summed E-state index contributed by atoms with van der Waals surface area (Å²) in [6.07, 6.45) is -1.76. The second-order valence-corrected chi connectivity index (χ2v) is 9.86. The van der Waals surface area contributed by atoms with Crippen LogP contribution < -0.4 is 4.90 Å². The number of anilines is 1. The quantitative estimate of drug-likeness (QED) is 0.579. The number of rotatable bonds is 4. The first-order chi connectivity index (χ1) is 16.3. The number of methoxy groups -OCH3 is 1. The average Bonchev–Trinajstić information content (AvgIpc) is 2.81. The van der Waals surface area contributed by atoms with Crippen molar-refractivity contribution in [3.63, 3.8) is 0 Å². The Morgan fingerprint density at radius 3 is 2.31 bits per heavy atom. The van der Waals surface area contributed by atoms with Crippen LogP contribution >= 0.6 is 0 Å². The van der Waals surface area contributed by atoms with Crippen LogP contribution in [0.2, 0.25) is 0 Å². The fourth-order valence-electron chi connectivity index (χ4n) is 4.62. The second kappa shape index (κ2) is 10.5. The summed E-state index contributed by atoms with van der Waals surface area (Å²) in [7, 11) is 1.08. The van der Waals surface area contributed by atoms with Gasteiger partial charge in [-0.15, -0.1) is 0 Å². The molecule has 3 heterocycles. The third-order valence-corrected chi connectivity index (χ3v) is 6.30. The van der Waals surface area contributed by atoms with E-state index in [-0.39, 0.29) is 24.0 Å². The molecule has 196 valence electrons. The molecule has 0 bridgehead atoms. The Kier molecular flexibility index (Phi) is 8.13. The summed E-state index contributed by atoms with van der Waals surface area (Å²) >= 11 is 0. The average molecular weight is 502 g/mol. The fraction of sp³-hybridized carbons (Fsp3) is 0.739. The number of esters is 1. The summed E-state index contributed by atoms with van der Waals surface area (Å²) < 4.78 is 51.3. The molecule has 0 saturated carbocycles. The number of piperidine rings is 1. The van der Waals surface area contributed by atoms with Crippen LogP contribution in [0.5, 0.6) is 0 Å². The third-order valence-electron chi connectivity index (χ3n) is 6.30. The summed E-state index contributed by atoms with van der Waals surface area (Å²) in [6.45, 7) is 9.93. The van der Waals surface area contributed by atoms with Crippen LogP contribution in [-0.4, -0.2) is 89.3 Å². The fourth-order valence-corrected chi connectivity index (χ4v) is 4.62. The van der Waals surface area contributed by atoms with Crippen molar-refractivity contribution in [2.75, 3.05) is 44.7 Å². The third kappa shape index (κ3) is 6.53. The maximum atomic E-state index is 13.8. The van der Waals surface area contributed by atoms with Gasteiger partial charge in [-0.3, -0.25) is 4.90 Å². The highest BCUT2D eigenvalue weighted by Gasteiger charge is 2.41. The molecule has 9 nitrogen and oxygen atoms in total. The lowest BCUT2D eigenvalue weighted by Crippen LogP contribution is -2.59. The highest BCUT2D eigenvalue weighted by molar-refractivity contribution is 5.87. The normalized spacial score (nSPS) is 20.6. The largest absolute Gasteiger partial charge is 0.464 e. The number of likely N-dealkylation sites (tertiary alicyclic amines) is 1. The predicted octanol–water partition coefficient (Wildman–Crippen LogP) is 3.58. The van der Waals surface area contributed by atoms with Gasteiger partial charge in [0.2, 0.25) is 0 Å². The van der Waals surface area contributed by atoms with Crippen LogP contribution in [0, 0.1) is 0 Å². The lowest BCUT2D eigenvalue weighted by Gasteiger charge is -2.47. The number of amides is 1. The van der Waals surface area contributed by atoms with E-state index in [9.17, 15) is 22.8 Å². The monoisotopic (exact) mass is 501 g/mol. The van der Waals surface area contributed by atoms with Crippen LogP contribution in [0.25, 0.3) is 0 Å². The molecule has 35 heavy (non-hydrogen) atoms. The van der Waals surface area contributed by atoms with Crippen LogP contribution in [-0.2, 0) is 15.7 Å². The molecular weight excluding hydrogens is 467 g/mol. The van der Waals surface area contributed by atoms with Crippen molar-refractivity contribution in [2.45, 2.75) is 70.8 Å². The van der Waals surface area contributed by atoms with Gasteiger partial charge in [-0.25, -0.2) is 19.6 Å². The van der Waals surface area contributed by atoms with Gasteiger partial charge in [0.1, 0.15) is 5.60 Å². The molecule has 3 rings (SSSR count). The van der Waals surface area contributed by atoms with Crippen molar-refractivity contribution < 1.29 is 32.2 Å². The van der Waals surface area contributed by atoms with Gasteiger partial charge in [0.15, 0.2) is 17.2 Å². The molecule has 2 aliphatic rings. The maximum absolute atomic E-state index is 13.8.